The van der Waals surface area contributed by atoms with Crippen LogP contribution < -0.4 is 10.7 Å². The molecule has 1 aromatic carbocycles. The van der Waals surface area contributed by atoms with Crippen molar-refractivity contribution in [2.24, 2.45) is 33.7 Å². The smallest absolute Gasteiger partial charge is 0.331 e. The maximum absolute atomic E-state index is 13.3. The minimum Gasteiger partial charge on any atom is -0.458 e. The first-order valence-corrected chi connectivity index (χ1v) is 16.2. The average Bonchev–Trinajstić information content (AvgIpc) is 3.75. The highest BCUT2D eigenvalue weighted by molar-refractivity contribution is 6.10. The quantitative estimate of drug-likeness (QED) is 0.159. The minimum atomic E-state index is -1.27. The molecule has 0 radical (unpaired) electrons. The molecular formula is C34H41N5O7. The Balaban J connectivity index is 1.15. The summed E-state index contributed by atoms with van der Waals surface area (Å²) in [6.07, 6.45) is 8.62. The second-order valence-corrected chi connectivity index (χ2v) is 14.2. The highest BCUT2D eigenvalue weighted by atomic mass is 16.5. The lowest BCUT2D eigenvalue weighted by atomic mass is 9.41. The van der Waals surface area contributed by atoms with Crippen molar-refractivity contribution in [2.75, 3.05) is 11.9 Å². The van der Waals surface area contributed by atoms with E-state index in [0.717, 1.165) is 12.0 Å². The van der Waals surface area contributed by atoms with Crippen molar-refractivity contribution in [1.82, 2.24) is 15.4 Å². The lowest BCUT2D eigenvalue weighted by Crippen LogP contribution is -2.68. The van der Waals surface area contributed by atoms with Crippen LogP contribution in [-0.4, -0.2) is 73.2 Å². The Morgan fingerprint density at radius 1 is 1.04 bits per heavy atom. The number of para-hydroxylation sites is 1. The predicted octanol–water partition coefficient (Wildman–Crippen LogP) is 3.09. The van der Waals surface area contributed by atoms with E-state index in [0.29, 0.717) is 50.6 Å². The number of benzene rings is 1. The maximum atomic E-state index is 13.3. The molecule has 1 aliphatic heterocycles. The second-order valence-electron chi connectivity index (χ2n) is 14.2. The molecule has 244 valence electrons. The molecule has 46 heavy (non-hydrogen) atoms. The predicted molar refractivity (Wildman–Crippen MR) is 166 cm³/mol. The van der Waals surface area contributed by atoms with Crippen molar-refractivity contribution < 1.29 is 34.4 Å². The van der Waals surface area contributed by atoms with Crippen molar-refractivity contribution in [2.45, 2.75) is 82.0 Å². The fraction of sp³-hybridized carbons (Fsp3) is 0.559. The van der Waals surface area contributed by atoms with Gasteiger partial charge in [0.05, 0.1) is 23.6 Å². The number of hydrogen-bond acceptors (Lipinski definition) is 9. The van der Waals surface area contributed by atoms with Crippen LogP contribution in [0.1, 0.15) is 85.7 Å². The molecule has 2 heterocycles. The molecular weight excluding hydrogens is 590 g/mol. The molecule has 5 aliphatic rings. The summed E-state index contributed by atoms with van der Waals surface area (Å²) in [6, 6.07) is 8.86. The number of imidazole rings is 1. The van der Waals surface area contributed by atoms with Gasteiger partial charge in [-0.1, -0.05) is 25.1 Å². The number of anilines is 1. The monoisotopic (exact) mass is 631 g/mol. The van der Waals surface area contributed by atoms with E-state index in [4.69, 9.17) is 4.74 Å². The highest BCUT2D eigenvalue weighted by Crippen LogP contribution is 2.70. The van der Waals surface area contributed by atoms with Crippen LogP contribution >= 0.6 is 0 Å². The number of nitrogens with one attached hydrogen (secondary N) is 3. The second kappa shape index (κ2) is 11.1. The van der Waals surface area contributed by atoms with Crippen LogP contribution in [0.5, 0.6) is 0 Å². The van der Waals surface area contributed by atoms with Crippen LogP contribution in [0.25, 0.3) is 0 Å². The molecule has 4 saturated carbocycles. The third kappa shape index (κ3) is 4.64. The lowest BCUT2D eigenvalue weighted by Gasteiger charge is -2.65. The molecule has 6 N–H and O–H groups in total. The Morgan fingerprint density at radius 2 is 1.83 bits per heavy atom. The molecule has 0 bridgehead atoms. The SMILES string of the molecule is C[C@]12CC[C@H]3[C@@H](CC[C@@]4(O)C[C@H](O)CC[C@]34/C=N\NC(=O)c3nc[nH]c3C(=O)Nc3ccccc3)[C@]1(O)CC[C@@H]2C1=CC(=O)OC1. The largest absolute Gasteiger partial charge is 0.458 e. The van der Waals surface area contributed by atoms with Crippen molar-refractivity contribution in [1.29, 1.82) is 0 Å². The van der Waals surface area contributed by atoms with E-state index >= 15 is 0 Å². The first-order valence-electron chi connectivity index (χ1n) is 16.2. The molecule has 12 heteroatoms. The van der Waals surface area contributed by atoms with Gasteiger partial charge in [-0.25, -0.2) is 15.2 Å². The normalized spacial score (nSPS) is 38.3. The number of esters is 1. The minimum absolute atomic E-state index is 0.0150. The molecule has 1 aromatic heterocycles. The molecule has 0 unspecified atom stereocenters. The molecule has 4 fully saturated rings. The van der Waals surface area contributed by atoms with E-state index < -0.39 is 40.0 Å². The van der Waals surface area contributed by atoms with Gasteiger partial charge in [0.15, 0.2) is 5.69 Å². The van der Waals surface area contributed by atoms with E-state index in [1.165, 1.54) is 6.33 Å². The molecule has 0 spiro atoms. The summed E-state index contributed by atoms with van der Waals surface area (Å²) in [6.45, 7) is 2.40. The standard InChI is InChI=1S/C34H41N5O7/c1-31-11-8-24-25(34(31,45)14-10-23(31)20-15-26(41)46-17-20)9-13-33(44)16-22(40)7-12-32(24,33)18-37-39-30(43)28-27(35-19-36-28)29(42)38-21-5-3-2-4-6-21/h2-6,15,18-19,22-25,40,44-45H,7-14,16-17H2,1H3,(H,35,36)(H,38,42)(H,39,43)/b37-18-/t22-,23-,24+,25-,31-,32+,33-,34-/m1/s1. The molecule has 8 atom stereocenters. The van der Waals surface area contributed by atoms with Gasteiger partial charge in [0.25, 0.3) is 11.8 Å². The number of aliphatic hydroxyl groups excluding tert-OH is 1. The van der Waals surface area contributed by atoms with Crippen LogP contribution in [0.4, 0.5) is 5.69 Å². The van der Waals surface area contributed by atoms with Gasteiger partial charge in [-0.05, 0) is 86.8 Å². The van der Waals surface area contributed by atoms with Gasteiger partial charge < -0.3 is 30.4 Å². The zero-order valence-corrected chi connectivity index (χ0v) is 25.9. The number of amides is 2. The number of nitrogens with zero attached hydrogens (tertiary/aromatic N) is 2. The topological polar surface area (TPSA) is 186 Å². The van der Waals surface area contributed by atoms with Gasteiger partial charge in [-0.2, -0.15) is 5.10 Å². The van der Waals surface area contributed by atoms with Gasteiger partial charge in [-0.3, -0.25) is 9.59 Å². The number of aromatic nitrogens is 2. The van der Waals surface area contributed by atoms with E-state index in [1.807, 2.05) is 6.07 Å². The summed E-state index contributed by atoms with van der Waals surface area (Å²) in [4.78, 5) is 44.9. The first kappa shape index (κ1) is 30.8. The van der Waals surface area contributed by atoms with E-state index in [-0.39, 0.29) is 48.1 Å². The van der Waals surface area contributed by atoms with Gasteiger partial charge in [0.1, 0.15) is 12.3 Å². The van der Waals surface area contributed by atoms with Crippen LogP contribution in [0.15, 0.2) is 53.4 Å². The molecule has 0 saturated heterocycles. The number of hydrogen-bond donors (Lipinski definition) is 6. The van der Waals surface area contributed by atoms with Crippen LogP contribution in [-0.2, 0) is 9.53 Å². The summed E-state index contributed by atoms with van der Waals surface area (Å²) >= 11 is 0. The number of aromatic amines is 1. The summed E-state index contributed by atoms with van der Waals surface area (Å²) < 4.78 is 5.24. The van der Waals surface area contributed by atoms with Crippen molar-refractivity contribution >= 4 is 29.7 Å². The van der Waals surface area contributed by atoms with Crippen LogP contribution in [0.2, 0.25) is 0 Å². The Hall–Kier alpha value is -3.87. The number of carbonyl (C=O) groups is 3. The Labute approximate surface area is 266 Å². The molecule has 7 rings (SSSR count). The van der Waals surface area contributed by atoms with E-state index in [2.05, 4.69) is 32.7 Å². The number of cyclic esters (lactones) is 1. The Kier molecular flexibility index (Phi) is 7.45. The number of aliphatic hydroxyl groups is 3. The Morgan fingerprint density at radius 3 is 2.59 bits per heavy atom. The number of ether oxygens (including phenoxy) is 1. The number of carbonyl (C=O) groups excluding carboxylic acids is 3. The number of fused-ring (bicyclic) bond motifs is 5. The molecule has 4 aliphatic carbocycles. The van der Waals surface area contributed by atoms with Crippen LogP contribution in [0, 0.1) is 28.6 Å². The number of H-pyrrole nitrogens is 1. The summed E-state index contributed by atoms with van der Waals surface area (Å²) in [5.74, 6) is -1.81. The van der Waals surface area contributed by atoms with Gasteiger partial charge in [0, 0.05) is 35.2 Å². The van der Waals surface area contributed by atoms with E-state index in [1.54, 1.807) is 36.6 Å². The van der Waals surface area contributed by atoms with Crippen molar-refractivity contribution in [3.8, 4) is 0 Å². The fourth-order valence-corrected chi connectivity index (χ4v) is 9.97. The summed E-state index contributed by atoms with van der Waals surface area (Å²) in [7, 11) is 0. The van der Waals surface area contributed by atoms with Crippen molar-refractivity contribution in [3.05, 3.63) is 59.7 Å². The van der Waals surface area contributed by atoms with Gasteiger partial charge in [-0.15, -0.1) is 0 Å². The summed E-state index contributed by atoms with van der Waals surface area (Å²) in [5.41, 5.74) is 0.255. The number of hydrazone groups is 1. The number of rotatable bonds is 6. The highest BCUT2D eigenvalue weighted by Gasteiger charge is 2.71. The third-order valence-electron chi connectivity index (χ3n) is 12.2. The molecule has 12 nitrogen and oxygen atoms in total. The first-order chi connectivity index (χ1) is 22.0. The van der Waals surface area contributed by atoms with Crippen LogP contribution in [0.3, 0.4) is 0 Å². The maximum Gasteiger partial charge on any atom is 0.331 e. The van der Waals surface area contributed by atoms with Gasteiger partial charge >= 0.3 is 5.97 Å². The fourth-order valence-electron chi connectivity index (χ4n) is 9.97. The zero-order chi connectivity index (χ0) is 32.3. The molecule has 2 amide bonds. The average molecular weight is 632 g/mol. The Bertz CT molecular complexity index is 1610. The summed E-state index contributed by atoms with van der Waals surface area (Å²) in [5, 5.41) is 42.6. The lowest BCUT2D eigenvalue weighted by molar-refractivity contribution is -0.237. The van der Waals surface area contributed by atoms with Crippen molar-refractivity contribution in [3.63, 3.8) is 0 Å². The van der Waals surface area contributed by atoms with E-state index in [9.17, 15) is 29.7 Å². The molecule has 2 aromatic rings. The third-order valence-corrected chi connectivity index (χ3v) is 12.2. The zero-order valence-electron chi connectivity index (χ0n) is 25.9. The van der Waals surface area contributed by atoms with Gasteiger partial charge in [0.2, 0.25) is 0 Å².